The predicted molar refractivity (Wildman–Crippen MR) is 72.7 cm³/mol. The summed E-state index contributed by atoms with van der Waals surface area (Å²) in [7, 11) is 3.33. The molecule has 2 N–H and O–H groups in total. The first kappa shape index (κ1) is 14.1. The molecule has 2 saturated carbocycles. The lowest BCUT2D eigenvalue weighted by Gasteiger charge is -2.15. The van der Waals surface area contributed by atoms with Gasteiger partial charge in [0.1, 0.15) is 0 Å². The fraction of sp³-hybridized carbons (Fsp3) is 0.833. The van der Waals surface area contributed by atoms with E-state index < -0.39 is 11.9 Å². The molecule has 0 radical (unpaired) electrons. The Morgan fingerprint density at radius 1 is 1.22 bits per heavy atom. The second-order valence-corrected chi connectivity index (χ2v) is 8.01. The molecule has 0 saturated heterocycles. The van der Waals surface area contributed by atoms with Crippen LogP contribution < -0.4 is 0 Å². The number of rotatable bonds is 9. The Bertz CT molecular complexity index is 337. The summed E-state index contributed by atoms with van der Waals surface area (Å²) >= 11 is 0. The molecule has 0 amide bonds. The zero-order chi connectivity index (χ0) is 13.2. The van der Waals surface area contributed by atoms with Gasteiger partial charge in [-0.25, -0.2) is 0 Å². The first-order valence-corrected chi connectivity index (χ1v) is 8.61. The highest BCUT2D eigenvalue weighted by Gasteiger charge is 2.44. The summed E-state index contributed by atoms with van der Waals surface area (Å²) in [6.45, 7) is 0. The molecule has 2 aliphatic rings. The van der Waals surface area contributed by atoms with Gasteiger partial charge in [-0.1, -0.05) is 21.6 Å². The van der Waals surface area contributed by atoms with Crippen LogP contribution in [0.15, 0.2) is 0 Å². The highest BCUT2D eigenvalue weighted by atomic mass is 33.1. The molecule has 18 heavy (non-hydrogen) atoms. The molecule has 0 heterocycles. The quantitative estimate of drug-likeness (QED) is 0.636. The van der Waals surface area contributed by atoms with Gasteiger partial charge in [0, 0.05) is 11.0 Å². The highest BCUT2D eigenvalue weighted by Crippen LogP contribution is 2.54. The lowest BCUT2D eigenvalue weighted by Crippen LogP contribution is -2.13. The highest BCUT2D eigenvalue weighted by molar-refractivity contribution is 8.77. The molecule has 4 nitrogen and oxygen atoms in total. The van der Waals surface area contributed by atoms with Gasteiger partial charge in [-0.05, 0) is 37.0 Å². The van der Waals surface area contributed by atoms with Crippen LogP contribution >= 0.6 is 21.6 Å². The lowest BCUT2D eigenvalue weighted by molar-refractivity contribution is -0.138. The molecular weight excluding hydrogens is 272 g/mol. The second kappa shape index (κ2) is 5.74. The average Bonchev–Trinajstić information content (AvgIpc) is 3.08. The summed E-state index contributed by atoms with van der Waals surface area (Å²) in [6, 6.07) is 0. The number of carboxylic acid groups (broad SMARTS) is 2. The van der Waals surface area contributed by atoms with E-state index in [-0.39, 0.29) is 23.5 Å². The second-order valence-electron chi connectivity index (χ2n) is 5.40. The minimum atomic E-state index is -0.730. The Labute approximate surface area is 114 Å². The molecule has 0 aromatic carbocycles. The maximum atomic E-state index is 10.8. The van der Waals surface area contributed by atoms with E-state index >= 15 is 0 Å². The van der Waals surface area contributed by atoms with Crippen LogP contribution in [0.3, 0.4) is 0 Å². The van der Waals surface area contributed by atoms with Crippen LogP contribution in [0, 0.1) is 11.3 Å². The monoisotopic (exact) mass is 290 g/mol. The first-order valence-electron chi connectivity index (χ1n) is 6.23. The van der Waals surface area contributed by atoms with Gasteiger partial charge in [-0.15, -0.1) is 0 Å². The Hall–Kier alpha value is -0.360. The van der Waals surface area contributed by atoms with Crippen molar-refractivity contribution in [3.05, 3.63) is 0 Å². The van der Waals surface area contributed by atoms with Gasteiger partial charge < -0.3 is 10.2 Å². The van der Waals surface area contributed by atoms with Gasteiger partial charge in [-0.2, -0.15) is 0 Å². The lowest BCUT2D eigenvalue weighted by atomic mass is 10.1. The van der Waals surface area contributed by atoms with Gasteiger partial charge in [0.25, 0.3) is 0 Å². The molecule has 1 unspecified atom stereocenters. The van der Waals surface area contributed by atoms with Gasteiger partial charge in [0.2, 0.25) is 0 Å². The summed E-state index contributed by atoms with van der Waals surface area (Å²) in [5.41, 5.74) is 0.000818. The van der Waals surface area contributed by atoms with E-state index in [9.17, 15) is 9.59 Å². The Morgan fingerprint density at radius 2 is 1.89 bits per heavy atom. The van der Waals surface area contributed by atoms with E-state index in [1.54, 1.807) is 21.6 Å². The van der Waals surface area contributed by atoms with E-state index in [0.717, 1.165) is 31.4 Å². The molecule has 2 fully saturated rings. The Balaban J connectivity index is 1.70. The molecule has 0 aliphatic heterocycles. The van der Waals surface area contributed by atoms with E-state index in [1.165, 1.54) is 0 Å². The van der Waals surface area contributed by atoms with Crippen molar-refractivity contribution in [2.45, 2.75) is 43.8 Å². The molecule has 102 valence electrons. The van der Waals surface area contributed by atoms with Crippen LogP contribution in [0.1, 0.15) is 38.5 Å². The van der Waals surface area contributed by atoms with Crippen LogP contribution in [-0.2, 0) is 9.59 Å². The molecule has 2 rings (SSSR count). The fourth-order valence-electron chi connectivity index (χ4n) is 2.04. The molecular formula is C12H18O4S2. The number of carboxylic acids is 2. The van der Waals surface area contributed by atoms with Gasteiger partial charge in [-0.3, -0.25) is 9.59 Å². The standard InChI is InChI=1S/C12H18O4S2/c13-10(14)5-9(8-1-2-8)18-17-7-12(3-4-12)6-11(15)16/h8-9H,1-7H2,(H,13,14)(H,15,16). The van der Waals surface area contributed by atoms with Crippen molar-refractivity contribution in [3.8, 4) is 0 Å². The predicted octanol–water partition coefficient (Wildman–Crippen LogP) is 2.88. The largest absolute Gasteiger partial charge is 0.481 e. The molecule has 0 bridgehead atoms. The number of aliphatic carboxylic acids is 2. The van der Waals surface area contributed by atoms with E-state index in [2.05, 4.69) is 0 Å². The maximum Gasteiger partial charge on any atom is 0.304 e. The van der Waals surface area contributed by atoms with E-state index in [0.29, 0.717) is 5.92 Å². The van der Waals surface area contributed by atoms with Crippen LogP contribution in [0.2, 0.25) is 0 Å². The van der Waals surface area contributed by atoms with Crippen molar-refractivity contribution in [3.63, 3.8) is 0 Å². The van der Waals surface area contributed by atoms with Crippen molar-refractivity contribution in [1.82, 2.24) is 0 Å². The van der Waals surface area contributed by atoms with E-state index in [1.807, 2.05) is 0 Å². The van der Waals surface area contributed by atoms with Gasteiger partial charge in [0.15, 0.2) is 0 Å². The SMILES string of the molecule is O=C(O)CC(SSCC1(CC(=O)O)CC1)C1CC1. The fourth-order valence-corrected chi connectivity index (χ4v) is 5.71. The summed E-state index contributed by atoms with van der Waals surface area (Å²) in [4.78, 5) is 21.5. The summed E-state index contributed by atoms with van der Waals surface area (Å²) in [5, 5.41) is 17.9. The van der Waals surface area contributed by atoms with E-state index in [4.69, 9.17) is 10.2 Å². The molecule has 6 heteroatoms. The average molecular weight is 290 g/mol. The molecule has 2 aliphatic carbocycles. The molecule has 0 aromatic rings. The van der Waals surface area contributed by atoms with Crippen LogP contribution in [-0.4, -0.2) is 33.2 Å². The smallest absolute Gasteiger partial charge is 0.304 e. The van der Waals surface area contributed by atoms with Crippen molar-refractivity contribution in [2.24, 2.45) is 11.3 Å². The topological polar surface area (TPSA) is 74.6 Å². The molecule has 1 atom stereocenters. The van der Waals surface area contributed by atoms with Gasteiger partial charge in [0.05, 0.1) is 12.8 Å². The van der Waals surface area contributed by atoms with Gasteiger partial charge >= 0.3 is 11.9 Å². The zero-order valence-electron chi connectivity index (χ0n) is 10.1. The third-order valence-electron chi connectivity index (χ3n) is 3.56. The van der Waals surface area contributed by atoms with Crippen molar-refractivity contribution in [2.75, 3.05) is 5.75 Å². The molecule has 0 spiro atoms. The molecule has 0 aromatic heterocycles. The van der Waals surface area contributed by atoms with Crippen molar-refractivity contribution >= 4 is 33.5 Å². The maximum absolute atomic E-state index is 10.8. The van der Waals surface area contributed by atoms with Crippen molar-refractivity contribution in [1.29, 1.82) is 0 Å². The number of hydrogen-bond acceptors (Lipinski definition) is 4. The van der Waals surface area contributed by atoms with Crippen molar-refractivity contribution < 1.29 is 19.8 Å². The van der Waals surface area contributed by atoms with Crippen LogP contribution in [0.4, 0.5) is 0 Å². The summed E-state index contributed by atoms with van der Waals surface area (Å²) < 4.78 is 0. The van der Waals surface area contributed by atoms with Crippen LogP contribution in [0.25, 0.3) is 0 Å². The summed E-state index contributed by atoms with van der Waals surface area (Å²) in [6.07, 6.45) is 4.78. The number of carbonyl (C=O) groups is 2. The minimum absolute atomic E-state index is 0.000818. The zero-order valence-corrected chi connectivity index (χ0v) is 11.8. The Morgan fingerprint density at radius 3 is 2.33 bits per heavy atom. The number of hydrogen-bond donors (Lipinski definition) is 2. The Kier molecular flexibility index (Phi) is 4.48. The summed E-state index contributed by atoms with van der Waals surface area (Å²) in [5.74, 6) is -0.0467. The van der Waals surface area contributed by atoms with Crippen LogP contribution in [0.5, 0.6) is 0 Å². The third-order valence-corrected chi connectivity index (χ3v) is 6.73. The minimum Gasteiger partial charge on any atom is -0.481 e. The normalized spacial score (nSPS) is 22.4. The first-order chi connectivity index (χ1) is 8.51. The third kappa shape index (κ3) is 4.39.